The highest BCUT2D eigenvalue weighted by atomic mass is 35.5. The lowest BCUT2D eigenvalue weighted by molar-refractivity contribution is -0.120. The molecule has 1 aliphatic heterocycles. The molecular weight excluding hydrogens is 280 g/mol. The number of hydrogen-bond donors (Lipinski definition) is 3. The van der Waals surface area contributed by atoms with E-state index in [9.17, 15) is 9.59 Å². The number of para-hydroxylation sites is 1. The monoisotopic (exact) mass is 298 g/mol. The lowest BCUT2D eigenvalue weighted by atomic mass is 10.1. The minimum atomic E-state index is -0.821. The van der Waals surface area contributed by atoms with E-state index in [0.29, 0.717) is 6.54 Å². The van der Waals surface area contributed by atoms with Gasteiger partial charge >= 0.3 is 6.03 Å². The molecule has 0 aliphatic carbocycles. The number of nitrogens with zero attached hydrogens (tertiary/aromatic N) is 1. The summed E-state index contributed by atoms with van der Waals surface area (Å²) in [5, 5.41) is 5.43. The Bertz CT molecular complexity index is 495. The lowest BCUT2D eigenvalue weighted by Gasteiger charge is -2.29. The Morgan fingerprint density at radius 2 is 2.10 bits per heavy atom. The summed E-state index contributed by atoms with van der Waals surface area (Å²) >= 11 is 0. The zero-order chi connectivity index (χ0) is 13.8. The van der Waals surface area contributed by atoms with Crippen molar-refractivity contribution in [1.29, 1.82) is 0 Å². The number of carbonyl (C=O) groups is 2. The van der Waals surface area contributed by atoms with E-state index in [1.165, 1.54) is 0 Å². The van der Waals surface area contributed by atoms with Gasteiger partial charge in [0.15, 0.2) is 0 Å². The number of nitrogens with one attached hydrogen (secondary N) is 2. The van der Waals surface area contributed by atoms with E-state index in [-0.39, 0.29) is 18.3 Å². The largest absolute Gasteiger partial charge is 0.358 e. The van der Waals surface area contributed by atoms with Crippen LogP contribution in [0.1, 0.15) is 12.5 Å². The van der Waals surface area contributed by atoms with E-state index in [1.807, 2.05) is 29.2 Å². The summed E-state index contributed by atoms with van der Waals surface area (Å²) in [6, 6.07) is 6.65. The third-order valence-electron chi connectivity index (χ3n) is 3.24. The first-order valence-corrected chi connectivity index (χ1v) is 6.25. The number of urea groups is 1. The quantitative estimate of drug-likeness (QED) is 0.746. The second kappa shape index (κ2) is 7.12. The van der Waals surface area contributed by atoms with Crippen LogP contribution in [0.15, 0.2) is 24.3 Å². The maximum Gasteiger partial charge on any atom is 0.318 e. The molecule has 2 rings (SSSR count). The standard InChI is InChI=1S/C13H18N4O2.ClH/c1-9(12(18)16-13(14)19)17-7-6-15-8-10-4-2-3-5-11(10)17;/h2-5,9,15H,6-8H2,1H3,(H3,14,16,18,19);1H. The maximum absolute atomic E-state index is 11.9. The van der Waals surface area contributed by atoms with E-state index >= 15 is 0 Å². The van der Waals surface area contributed by atoms with E-state index in [0.717, 1.165) is 24.3 Å². The van der Waals surface area contributed by atoms with Gasteiger partial charge in [0.2, 0.25) is 5.91 Å². The molecule has 1 aliphatic rings. The molecule has 20 heavy (non-hydrogen) atoms. The average molecular weight is 299 g/mol. The van der Waals surface area contributed by atoms with Gasteiger partial charge in [0, 0.05) is 25.3 Å². The molecule has 1 aromatic rings. The number of fused-ring (bicyclic) bond motifs is 1. The van der Waals surface area contributed by atoms with Gasteiger partial charge in [-0.2, -0.15) is 0 Å². The number of anilines is 1. The zero-order valence-electron chi connectivity index (χ0n) is 11.3. The van der Waals surface area contributed by atoms with Crippen molar-refractivity contribution in [3.05, 3.63) is 29.8 Å². The Labute approximate surface area is 124 Å². The predicted octanol–water partition coefficient (Wildman–Crippen LogP) is 0.601. The number of nitrogens with two attached hydrogens (primary N) is 1. The molecule has 0 bridgehead atoms. The van der Waals surface area contributed by atoms with Crippen LogP contribution >= 0.6 is 12.4 Å². The summed E-state index contributed by atoms with van der Waals surface area (Å²) in [6.45, 7) is 4.02. The van der Waals surface area contributed by atoms with Crippen molar-refractivity contribution < 1.29 is 9.59 Å². The smallest absolute Gasteiger partial charge is 0.318 e. The van der Waals surface area contributed by atoms with Crippen LogP contribution in [0.25, 0.3) is 0 Å². The number of primary amides is 1. The number of halogens is 1. The molecule has 3 amide bonds. The Morgan fingerprint density at radius 3 is 2.80 bits per heavy atom. The molecule has 1 heterocycles. The van der Waals surface area contributed by atoms with Gasteiger partial charge in [-0.15, -0.1) is 12.4 Å². The Balaban J connectivity index is 0.00000200. The number of imide groups is 1. The number of amides is 3. The third-order valence-corrected chi connectivity index (χ3v) is 3.24. The van der Waals surface area contributed by atoms with E-state index in [4.69, 9.17) is 5.73 Å². The molecule has 1 aromatic carbocycles. The maximum atomic E-state index is 11.9. The molecule has 1 atom stereocenters. The molecule has 6 nitrogen and oxygen atoms in total. The highest BCUT2D eigenvalue weighted by Gasteiger charge is 2.25. The van der Waals surface area contributed by atoms with Crippen molar-refractivity contribution in [2.75, 3.05) is 18.0 Å². The fourth-order valence-electron chi connectivity index (χ4n) is 2.25. The fraction of sp³-hybridized carbons (Fsp3) is 0.385. The zero-order valence-corrected chi connectivity index (χ0v) is 12.1. The van der Waals surface area contributed by atoms with Crippen LogP contribution in [-0.4, -0.2) is 31.1 Å². The van der Waals surface area contributed by atoms with Crippen molar-refractivity contribution in [1.82, 2.24) is 10.6 Å². The second-order valence-corrected chi connectivity index (χ2v) is 4.53. The number of rotatable bonds is 2. The third kappa shape index (κ3) is 3.61. The topological polar surface area (TPSA) is 87.5 Å². The molecule has 4 N–H and O–H groups in total. The molecular formula is C13H19ClN4O2. The summed E-state index contributed by atoms with van der Waals surface area (Å²) < 4.78 is 0. The number of benzene rings is 1. The first-order chi connectivity index (χ1) is 9.09. The molecule has 1 unspecified atom stereocenters. The van der Waals surface area contributed by atoms with Crippen LogP contribution in [0, 0.1) is 0 Å². The molecule has 0 aromatic heterocycles. The van der Waals surface area contributed by atoms with Gasteiger partial charge in [-0.3, -0.25) is 10.1 Å². The molecule has 7 heteroatoms. The highest BCUT2D eigenvalue weighted by molar-refractivity contribution is 5.97. The van der Waals surface area contributed by atoms with Gasteiger partial charge < -0.3 is 16.0 Å². The van der Waals surface area contributed by atoms with Gasteiger partial charge in [-0.25, -0.2) is 4.79 Å². The lowest BCUT2D eigenvalue weighted by Crippen LogP contribution is -2.49. The Kier molecular flexibility index (Phi) is 5.79. The predicted molar refractivity (Wildman–Crippen MR) is 79.9 cm³/mol. The van der Waals surface area contributed by atoms with Crippen molar-refractivity contribution in [2.45, 2.75) is 19.5 Å². The minimum Gasteiger partial charge on any atom is -0.358 e. The van der Waals surface area contributed by atoms with Crippen LogP contribution in [0.2, 0.25) is 0 Å². The van der Waals surface area contributed by atoms with Crippen molar-refractivity contribution in [3.63, 3.8) is 0 Å². The summed E-state index contributed by atoms with van der Waals surface area (Å²) in [6.07, 6.45) is 0. The van der Waals surface area contributed by atoms with Crippen LogP contribution in [0.3, 0.4) is 0 Å². The first kappa shape index (κ1) is 16.3. The Hall–Kier alpha value is -1.79. The molecule has 0 radical (unpaired) electrons. The summed E-state index contributed by atoms with van der Waals surface area (Å²) in [5.74, 6) is -0.385. The molecule has 0 saturated carbocycles. The van der Waals surface area contributed by atoms with E-state index in [2.05, 4.69) is 10.6 Å². The van der Waals surface area contributed by atoms with Crippen LogP contribution in [0.4, 0.5) is 10.5 Å². The van der Waals surface area contributed by atoms with E-state index < -0.39 is 12.1 Å². The average Bonchev–Trinajstić information content (AvgIpc) is 2.59. The normalized spacial score (nSPS) is 15.3. The van der Waals surface area contributed by atoms with Gasteiger partial charge in [-0.1, -0.05) is 18.2 Å². The summed E-state index contributed by atoms with van der Waals surface area (Å²) in [5.41, 5.74) is 7.14. The molecule has 0 spiro atoms. The van der Waals surface area contributed by atoms with E-state index in [1.54, 1.807) is 6.92 Å². The number of carbonyl (C=O) groups excluding carboxylic acids is 2. The molecule has 0 saturated heterocycles. The minimum absolute atomic E-state index is 0. The van der Waals surface area contributed by atoms with Crippen molar-refractivity contribution in [2.24, 2.45) is 5.73 Å². The second-order valence-electron chi connectivity index (χ2n) is 4.53. The van der Waals surface area contributed by atoms with Gasteiger partial charge in [-0.05, 0) is 18.6 Å². The van der Waals surface area contributed by atoms with Crippen LogP contribution < -0.4 is 21.3 Å². The van der Waals surface area contributed by atoms with Crippen LogP contribution in [0.5, 0.6) is 0 Å². The van der Waals surface area contributed by atoms with Crippen molar-refractivity contribution >= 4 is 30.0 Å². The summed E-state index contributed by atoms with van der Waals surface area (Å²) in [7, 11) is 0. The number of hydrogen-bond acceptors (Lipinski definition) is 4. The van der Waals surface area contributed by atoms with Crippen molar-refractivity contribution in [3.8, 4) is 0 Å². The SMILES string of the molecule is CC(C(=O)NC(N)=O)N1CCNCc2ccccc21.Cl. The molecule has 0 fully saturated rings. The first-order valence-electron chi connectivity index (χ1n) is 6.25. The van der Waals surface area contributed by atoms with Gasteiger partial charge in [0.25, 0.3) is 0 Å². The molecule has 110 valence electrons. The highest BCUT2D eigenvalue weighted by Crippen LogP contribution is 2.23. The van der Waals surface area contributed by atoms with Crippen LogP contribution in [-0.2, 0) is 11.3 Å². The summed E-state index contributed by atoms with van der Waals surface area (Å²) in [4.78, 5) is 24.7. The van der Waals surface area contributed by atoms with Gasteiger partial charge in [0.05, 0.1) is 0 Å². The fourth-order valence-corrected chi connectivity index (χ4v) is 2.25. The Morgan fingerprint density at radius 1 is 1.40 bits per heavy atom. The van der Waals surface area contributed by atoms with Gasteiger partial charge in [0.1, 0.15) is 6.04 Å².